The maximum atomic E-state index is 13.4. The quantitative estimate of drug-likeness (QED) is 0.829. The molecule has 2 N–H and O–H groups in total. The van der Waals surface area contributed by atoms with Gasteiger partial charge in [-0.05, 0) is 0 Å². The van der Waals surface area contributed by atoms with E-state index in [1.54, 1.807) is 17.9 Å². The van der Waals surface area contributed by atoms with Gasteiger partial charge in [-0.1, -0.05) is 0 Å². The highest BCUT2D eigenvalue weighted by molar-refractivity contribution is 5.41. The van der Waals surface area contributed by atoms with Gasteiger partial charge in [-0.25, -0.2) is 9.37 Å². The lowest BCUT2D eigenvalue weighted by molar-refractivity contribution is 0.617. The van der Waals surface area contributed by atoms with E-state index in [0.29, 0.717) is 12.5 Å². The lowest BCUT2D eigenvalue weighted by Crippen LogP contribution is -2.06. The fourth-order valence-corrected chi connectivity index (χ4v) is 1.36. The Bertz CT molecular complexity index is 509. The van der Waals surface area contributed by atoms with E-state index < -0.39 is 5.82 Å². The van der Waals surface area contributed by atoms with Crippen molar-refractivity contribution in [3.8, 4) is 0 Å². The minimum Gasteiger partial charge on any atom is -0.363 e. The summed E-state index contributed by atoms with van der Waals surface area (Å²) in [5.74, 6) is 0.0705. The highest BCUT2D eigenvalue weighted by Crippen LogP contribution is 2.12. The van der Waals surface area contributed by atoms with E-state index in [0.717, 1.165) is 11.8 Å². The molecule has 7 heteroatoms. The van der Waals surface area contributed by atoms with E-state index in [4.69, 9.17) is 0 Å². The molecule has 0 unspecified atom stereocenters. The minimum atomic E-state index is -0.479. The highest BCUT2D eigenvalue weighted by atomic mass is 19.1. The number of rotatable bonds is 4. The van der Waals surface area contributed by atoms with Crippen molar-refractivity contribution in [2.75, 3.05) is 17.7 Å². The highest BCUT2D eigenvalue weighted by Gasteiger charge is 2.06. The molecule has 2 rings (SSSR count). The summed E-state index contributed by atoms with van der Waals surface area (Å²) in [6.07, 6.45) is 4.70. The molecular formula is C10H13FN6. The average Bonchev–Trinajstić information content (AvgIpc) is 2.74. The molecule has 0 amide bonds. The first-order valence-corrected chi connectivity index (χ1v) is 5.10. The van der Waals surface area contributed by atoms with Gasteiger partial charge in [0.15, 0.2) is 11.6 Å². The van der Waals surface area contributed by atoms with Crippen molar-refractivity contribution in [2.45, 2.75) is 6.54 Å². The van der Waals surface area contributed by atoms with Crippen LogP contribution in [0.25, 0.3) is 0 Å². The molecule has 0 fully saturated rings. The van der Waals surface area contributed by atoms with Crippen LogP contribution in [0.3, 0.4) is 0 Å². The van der Waals surface area contributed by atoms with E-state index in [-0.39, 0.29) is 5.82 Å². The van der Waals surface area contributed by atoms with Gasteiger partial charge in [-0.3, -0.25) is 4.68 Å². The van der Waals surface area contributed by atoms with Gasteiger partial charge in [-0.2, -0.15) is 10.1 Å². The molecule has 90 valence electrons. The maximum Gasteiger partial charge on any atom is 0.224 e. The minimum absolute atomic E-state index is 0.174. The molecule has 0 saturated carbocycles. The first kappa shape index (κ1) is 11.3. The van der Waals surface area contributed by atoms with Gasteiger partial charge in [0.2, 0.25) is 5.95 Å². The number of anilines is 2. The van der Waals surface area contributed by atoms with E-state index in [2.05, 4.69) is 25.7 Å². The van der Waals surface area contributed by atoms with Crippen molar-refractivity contribution in [1.29, 1.82) is 0 Å². The fourth-order valence-electron chi connectivity index (χ4n) is 1.36. The van der Waals surface area contributed by atoms with Gasteiger partial charge in [0.25, 0.3) is 0 Å². The van der Waals surface area contributed by atoms with E-state index >= 15 is 0 Å². The summed E-state index contributed by atoms with van der Waals surface area (Å²) < 4.78 is 15.1. The number of nitrogens with one attached hydrogen (secondary N) is 2. The third-order valence-electron chi connectivity index (χ3n) is 2.19. The van der Waals surface area contributed by atoms with Crippen LogP contribution in [0, 0.1) is 5.82 Å². The van der Waals surface area contributed by atoms with Gasteiger partial charge in [0, 0.05) is 32.4 Å². The predicted octanol–water partition coefficient (Wildman–Crippen LogP) is 1.00. The van der Waals surface area contributed by atoms with E-state index in [9.17, 15) is 4.39 Å². The van der Waals surface area contributed by atoms with Gasteiger partial charge < -0.3 is 10.6 Å². The standard InChI is InChI=1S/C10H13FN6/c1-12-10-14-5-8(11)9(16-10)13-3-7-4-15-17(2)6-7/h4-6H,3H2,1-2H3,(H2,12,13,14,16). The van der Waals surface area contributed by atoms with Gasteiger partial charge in [-0.15, -0.1) is 0 Å². The van der Waals surface area contributed by atoms with Crippen molar-refractivity contribution in [1.82, 2.24) is 19.7 Å². The Morgan fingerprint density at radius 2 is 2.24 bits per heavy atom. The lowest BCUT2D eigenvalue weighted by Gasteiger charge is -2.06. The van der Waals surface area contributed by atoms with Gasteiger partial charge in [0.05, 0.1) is 12.4 Å². The molecule has 6 nitrogen and oxygen atoms in total. The number of nitrogens with zero attached hydrogens (tertiary/aromatic N) is 4. The molecule has 17 heavy (non-hydrogen) atoms. The number of aromatic nitrogens is 4. The maximum absolute atomic E-state index is 13.4. The first-order valence-electron chi connectivity index (χ1n) is 5.10. The van der Waals surface area contributed by atoms with Crippen molar-refractivity contribution in [3.05, 3.63) is 30.0 Å². The molecule has 2 heterocycles. The topological polar surface area (TPSA) is 67.7 Å². The Hall–Kier alpha value is -2.18. The Kier molecular flexibility index (Phi) is 3.17. The van der Waals surface area contributed by atoms with Crippen LogP contribution in [0.1, 0.15) is 5.56 Å². The first-order chi connectivity index (χ1) is 8.19. The SMILES string of the molecule is CNc1ncc(F)c(NCc2cnn(C)c2)n1. The molecule has 0 radical (unpaired) electrons. The second-order valence-corrected chi connectivity index (χ2v) is 3.52. The molecule has 2 aromatic rings. The Labute approximate surface area is 97.9 Å². The molecule has 0 spiro atoms. The van der Waals surface area contributed by atoms with Crippen LogP contribution in [0.4, 0.5) is 16.2 Å². The summed E-state index contributed by atoms with van der Waals surface area (Å²) in [6, 6.07) is 0. The van der Waals surface area contributed by atoms with Gasteiger partial charge >= 0.3 is 0 Å². The zero-order valence-electron chi connectivity index (χ0n) is 9.61. The van der Waals surface area contributed by atoms with Crippen LogP contribution in [0.15, 0.2) is 18.6 Å². The smallest absolute Gasteiger partial charge is 0.224 e. The van der Waals surface area contributed by atoms with Crippen LogP contribution < -0.4 is 10.6 Å². The van der Waals surface area contributed by atoms with Crippen LogP contribution in [0.2, 0.25) is 0 Å². The second-order valence-electron chi connectivity index (χ2n) is 3.52. The van der Waals surface area contributed by atoms with Crippen molar-refractivity contribution in [3.63, 3.8) is 0 Å². The third kappa shape index (κ3) is 2.68. The molecule has 0 aliphatic carbocycles. The Morgan fingerprint density at radius 1 is 1.41 bits per heavy atom. The Morgan fingerprint density at radius 3 is 2.88 bits per heavy atom. The molecule has 0 aliphatic rings. The number of halogens is 1. The summed E-state index contributed by atoms with van der Waals surface area (Å²) in [7, 11) is 3.51. The van der Waals surface area contributed by atoms with Crippen LogP contribution >= 0.6 is 0 Å². The second kappa shape index (κ2) is 4.77. The Balaban J connectivity index is 2.07. The summed E-state index contributed by atoms with van der Waals surface area (Å²) in [4.78, 5) is 7.74. The summed E-state index contributed by atoms with van der Waals surface area (Å²) in [5, 5.41) is 9.67. The third-order valence-corrected chi connectivity index (χ3v) is 2.19. The summed E-state index contributed by atoms with van der Waals surface area (Å²) in [5.41, 5.74) is 0.955. The molecule has 0 aliphatic heterocycles. The number of aryl methyl sites for hydroxylation is 1. The van der Waals surface area contributed by atoms with Crippen LogP contribution in [-0.2, 0) is 13.6 Å². The number of hydrogen-bond donors (Lipinski definition) is 2. The molecular weight excluding hydrogens is 223 g/mol. The normalized spacial score (nSPS) is 10.3. The molecule has 0 bridgehead atoms. The fraction of sp³-hybridized carbons (Fsp3) is 0.300. The zero-order valence-corrected chi connectivity index (χ0v) is 9.61. The summed E-state index contributed by atoms with van der Waals surface area (Å²) >= 11 is 0. The van der Waals surface area contributed by atoms with Crippen molar-refractivity contribution < 1.29 is 4.39 Å². The van der Waals surface area contributed by atoms with Gasteiger partial charge in [0.1, 0.15) is 0 Å². The molecule has 0 atom stereocenters. The molecule has 2 aromatic heterocycles. The van der Waals surface area contributed by atoms with Crippen molar-refractivity contribution in [2.24, 2.45) is 7.05 Å². The number of hydrogen-bond acceptors (Lipinski definition) is 5. The van der Waals surface area contributed by atoms with Crippen LogP contribution in [0.5, 0.6) is 0 Å². The molecule has 0 aromatic carbocycles. The lowest BCUT2D eigenvalue weighted by atomic mass is 10.3. The van der Waals surface area contributed by atoms with Crippen LogP contribution in [-0.4, -0.2) is 26.8 Å². The predicted molar refractivity (Wildman–Crippen MR) is 62.1 cm³/mol. The summed E-state index contributed by atoms with van der Waals surface area (Å²) in [6.45, 7) is 0.463. The average molecular weight is 236 g/mol. The zero-order chi connectivity index (χ0) is 12.3. The molecule has 0 saturated heterocycles. The van der Waals surface area contributed by atoms with Crippen molar-refractivity contribution >= 4 is 11.8 Å². The van der Waals surface area contributed by atoms with E-state index in [1.165, 1.54) is 0 Å². The monoisotopic (exact) mass is 236 g/mol. The van der Waals surface area contributed by atoms with E-state index in [1.807, 2.05) is 13.2 Å². The largest absolute Gasteiger partial charge is 0.363 e.